The van der Waals surface area contributed by atoms with Gasteiger partial charge in [-0.25, -0.2) is 0 Å². The van der Waals surface area contributed by atoms with Crippen LogP contribution in [0.5, 0.6) is 0 Å². The fourth-order valence-corrected chi connectivity index (χ4v) is 2.38. The Balaban J connectivity index is 2.59. The van der Waals surface area contributed by atoms with Crippen LogP contribution in [0.25, 0.3) is 0 Å². The molecule has 0 aromatic heterocycles. The van der Waals surface area contributed by atoms with Crippen molar-refractivity contribution in [2.75, 3.05) is 13.2 Å². The van der Waals surface area contributed by atoms with Crippen molar-refractivity contribution in [1.29, 1.82) is 0 Å². The molecule has 0 aromatic carbocycles. The van der Waals surface area contributed by atoms with Crippen LogP contribution in [0.3, 0.4) is 0 Å². The maximum absolute atomic E-state index is 9.16. The Morgan fingerprint density at radius 2 is 2.17 bits per heavy atom. The first-order chi connectivity index (χ1) is 5.61. The molecule has 2 heteroatoms. The van der Waals surface area contributed by atoms with E-state index in [2.05, 4.69) is 26.1 Å². The molecule has 72 valence electrons. The summed E-state index contributed by atoms with van der Waals surface area (Å²) in [5.41, 5.74) is 0.364. The number of hydrogen-bond donors (Lipinski definition) is 2. The molecule has 1 rings (SSSR count). The van der Waals surface area contributed by atoms with Gasteiger partial charge in [-0.05, 0) is 30.7 Å². The Bertz CT molecular complexity index is 145. The van der Waals surface area contributed by atoms with Crippen LogP contribution >= 0.6 is 0 Å². The van der Waals surface area contributed by atoms with Crippen molar-refractivity contribution in [3.63, 3.8) is 0 Å². The Morgan fingerprint density at radius 3 is 2.67 bits per heavy atom. The van der Waals surface area contributed by atoms with E-state index in [-0.39, 0.29) is 0 Å². The highest BCUT2D eigenvalue weighted by molar-refractivity contribution is 4.95. The highest BCUT2D eigenvalue weighted by Crippen LogP contribution is 2.40. The van der Waals surface area contributed by atoms with E-state index in [0.29, 0.717) is 24.0 Å². The lowest BCUT2D eigenvalue weighted by atomic mass is 9.85. The van der Waals surface area contributed by atoms with Gasteiger partial charge in [0.1, 0.15) is 0 Å². The third-order valence-electron chi connectivity index (χ3n) is 3.13. The number of nitrogens with one attached hydrogen (secondary N) is 1. The Hall–Kier alpha value is -0.0800. The fourth-order valence-electron chi connectivity index (χ4n) is 2.38. The smallest absolute Gasteiger partial charge is 0.0474 e. The van der Waals surface area contributed by atoms with E-state index < -0.39 is 0 Å². The van der Waals surface area contributed by atoms with E-state index >= 15 is 0 Å². The number of aliphatic hydroxyl groups is 1. The normalized spacial score (nSPS) is 34.0. The highest BCUT2D eigenvalue weighted by atomic mass is 16.3. The van der Waals surface area contributed by atoms with Gasteiger partial charge in [-0.2, -0.15) is 0 Å². The van der Waals surface area contributed by atoms with Gasteiger partial charge in [-0.1, -0.05) is 20.8 Å². The van der Waals surface area contributed by atoms with Crippen LogP contribution in [-0.2, 0) is 0 Å². The zero-order valence-electron chi connectivity index (χ0n) is 8.43. The summed E-state index contributed by atoms with van der Waals surface area (Å²) in [6.07, 6.45) is 2.40. The SMILES string of the molecule is CCNC1C(CO)CCC1(C)C. The molecular weight excluding hydrogens is 150 g/mol. The molecule has 1 aliphatic carbocycles. The molecule has 2 N–H and O–H groups in total. The summed E-state index contributed by atoms with van der Waals surface area (Å²) >= 11 is 0. The number of aliphatic hydroxyl groups excluding tert-OH is 1. The molecule has 0 heterocycles. The van der Waals surface area contributed by atoms with Crippen molar-refractivity contribution in [2.45, 2.75) is 39.7 Å². The molecular formula is C10H21NO. The topological polar surface area (TPSA) is 32.3 Å². The molecule has 0 aliphatic heterocycles. The van der Waals surface area contributed by atoms with E-state index in [1.165, 1.54) is 12.8 Å². The predicted octanol–water partition coefficient (Wildman–Crippen LogP) is 1.39. The fraction of sp³-hybridized carbons (Fsp3) is 1.00. The Morgan fingerprint density at radius 1 is 1.50 bits per heavy atom. The molecule has 12 heavy (non-hydrogen) atoms. The highest BCUT2D eigenvalue weighted by Gasteiger charge is 2.40. The van der Waals surface area contributed by atoms with Gasteiger partial charge >= 0.3 is 0 Å². The van der Waals surface area contributed by atoms with Crippen LogP contribution < -0.4 is 5.32 Å². The second-order valence-corrected chi connectivity index (χ2v) is 4.51. The van der Waals surface area contributed by atoms with E-state index in [9.17, 15) is 0 Å². The summed E-state index contributed by atoms with van der Waals surface area (Å²) in [7, 11) is 0. The van der Waals surface area contributed by atoms with Gasteiger partial charge in [0.25, 0.3) is 0 Å². The van der Waals surface area contributed by atoms with E-state index in [1.807, 2.05) is 0 Å². The third kappa shape index (κ3) is 1.80. The molecule has 1 saturated carbocycles. The van der Waals surface area contributed by atoms with Gasteiger partial charge in [-0.15, -0.1) is 0 Å². The molecule has 0 aromatic rings. The quantitative estimate of drug-likeness (QED) is 0.672. The second-order valence-electron chi connectivity index (χ2n) is 4.51. The minimum atomic E-state index is 0.334. The largest absolute Gasteiger partial charge is 0.396 e. The molecule has 1 aliphatic rings. The molecule has 2 unspecified atom stereocenters. The van der Waals surface area contributed by atoms with Gasteiger partial charge in [0, 0.05) is 12.6 Å². The minimum Gasteiger partial charge on any atom is -0.396 e. The van der Waals surface area contributed by atoms with Gasteiger partial charge in [0.05, 0.1) is 0 Å². The average molecular weight is 171 g/mol. The van der Waals surface area contributed by atoms with Crippen molar-refractivity contribution in [3.8, 4) is 0 Å². The number of hydrogen-bond acceptors (Lipinski definition) is 2. The van der Waals surface area contributed by atoms with Crippen LogP contribution in [0.15, 0.2) is 0 Å². The van der Waals surface area contributed by atoms with E-state index in [1.54, 1.807) is 0 Å². The summed E-state index contributed by atoms with van der Waals surface area (Å²) in [5, 5.41) is 12.6. The van der Waals surface area contributed by atoms with Crippen LogP contribution in [0, 0.1) is 11.3 Å². The molecule has 2 nitrogen and oxygen atoms in total. The monoisotopic (exact) mass is 171 g/mol. The van der Waals surface area contributed by atoms with Gasteiger partial charge in [0.2, 0.25) is 0 Å². The van der Waals surface area contributed by atoms with Gasteiger partial charge in [-0.3, -0.25) is 0 Å². The van der Waals surface area contributed by atoms with E-state index in [0.717, 1.165) is 6.54 Å². The lowest BCUT2D eigenvalue weighted by Crippen LogP contribution is -2.43. The first-order valence-electron chi connectivity index (χ1n) is 4.96. The predicted molar refractivity (Wildman–Crippen MR) is 51.1 cm³/mol. The van der Waals surface area contributed by atoms with Crippen LogP contribution in [0.1, 0.15) is 33.6 Å². The molecule has 0 radical (unpaired) electrons. The molecule has 0 bridgehead atoms. The van der Waals surface area contributed by atoms with Crippen molar-refractivity contribution in [3.05, 3.63) is 0 Å². The first kappa shape index (κ1) is 10.0. The van der Waals surface area contributed by atoms with Crippen LogP contribution in [0.4, 0.5) is 0 Å². The molecule has 0 saturated heterocycles. The molecule has 0 spiro atoms. The van der Waals surface area contributed by atoms with E-state index in [4.69, 9.17) is 5.11 Å². The lowest BCUT2D eigenvalue weighted by molar-refractivity contribution is 0.173. The van der Waals surface area contributed by atoms with Crippen molar-refractivity contribution in [2.24, 2.45) is 11.3 Å². The second kappa shape index (κ2) is 3.75. The maximum atomic E-state index is 9.16. The van der Waals surface area contributed by atoms with Gasteiger partial charge < -0.3 is 10.4 Å². The zero-order valence-corrected chi connectivity index (χ0v) is 8.43. The summed E-state index contributed by atoms with van der Waals surface area (Å²) in [6, 6.07) is 0.507. The standard InChI is InChI=1S/C10H21NO/c1-4-11-9-8(7-12)5-6-10(9,2)3/h8-9,11-12H,4-7H2,1-3H3. The van der Waals surface area contributed by atoms with Gasteiger partial charge in [0.15, 0.2) is 0 Å². The maximum Gasteiger partial charge on any atom is 0.0474 e. The summed E-state index contributed by atoms with van der Waals surface area (Å²) in [4.78, 5) is 0. The van der Waals surface area contributed by atoms with Crippen LogP contribution in [0.2, 0.25) is 0 Å². The molecule has 1 fully saturated rings. The average Bonchev–Trinajstić information content (AvgIpc) is 2.29. The lowest BCUT2D eigenvalue weighted by Gasteiger charge is -2.30. The summed E-state index contributed by atoms with van der Waals surface area (Å²) < 4.78 is 0. The minimum absolute atomic E-state index is 0.334. The number of rotatable bonds is 3. The molecule has 2 atom stereocenters. The third-order valence-corrected chi connectivity index (χ3v) is 3.13. The van der Waals surface area contributed by atoms with Crippen LogP contribution in [-0.4, -0.2) is 24.3 Å². The summed E-state index contributed by atoms with van der Waals surface area (Å²) in [6.45, 7) is 8.04. The summed E-state index contributed by atoms with van der Waals surface area (Å²) in [5.74, 6) is 0.472. The Labute approximate surface area is 75.4 Å². The van der Waals surface area contributed by atoms with Crippen molar-refractivity contribution >= 4 is 0 Å². The molecule has 0 amide bonds. The van der Waals surface area contributed by atoms with Crippen molar-refractivity contribution < 1.29 is 5.11 Å². The first-order valence-corrected chi connectivity index (χ1v) is 4.96. The Kier molecular flexibility index (Phi) is 3.13. The zero-order chi connectivity index (χ0) is 9.19. The van der Waals surface area contributed by atoms with Crippen molar-refractivity contribution in [1.82, 2.24) is 5.32 Å².